The Labute approximate surface area is 105 Å². The highest BCUT2D eigenvalue weighted by atomic mass is 16.5. The fourth-order valence-corrected chi connectivity index (χ4v) is 2.07. The summed E-state index contributed by atoms with van der Waals surface area (Å²) >= 11 is 0. The summed E-state index contributed by atoms with van der Waals surface area (Å²) < 4.78 is 5.32. The number of carbonyl (C=O) groups is 2. The first-order valence-electron chi connectivity index (χ1n) is 5.88. The fraction of sp³-hybridized carbons (Fsp3) is 0.385. The number of amides is 1. The number of likely N-dealkylation sites (tertiary alicyclic amines) is 1. The molecule has 1 atom stereocenters. The highest BCUT2D eigenvalue weighted by Gasteiger charge is 2.33. The molecule has 0 radical (unpaired) electrons. The molecular weight excluding hydrogens is 234 g/mol. The zero-order valence-corrected chi connectivity index (χ0v) is 9.91. The second-order valence-corrected chi connectivity index (χ2v) is 4.19. The van der Waals surface area contributed by atoms with Gasteiger partial charge in [0.15, 0.2) is 6.61 Å². The number of para-hydroxylation sites is 1. The smallest absolute Gasteiger partial charge is 0.326 e. The fourth-order valence-electron chi connectivity index (χ4n) is 2.07. The van der Waals surface area contributed by atoms with Crippen LogP contribution in [0.15, 0.2) is 30.3 Å². The molecule has 5 heteroatoms. The first-order valence-corrected chi connectivity index (χ1v) is 5.88. The molecule has 0 aromatic heterocycles. The van der Waals surface area contributed by atoms with Gasteiger partial charge in [-0.1, -0.05) is 18.2 Å². The summed E-state index contributed by atoms with van der Waals surface area (Å²) in [7, 11) is 0. The standard InChI is InChI=1S/C13H15NO4/c15-12(9-18-10-5-2-1-3-6-10)14-8-4-7-11(14)13(16)17/h1-3,5-6,11H,4,7-9H2,(H,16,17)/t11-/m1/s1. The van der Waals surface area contributed by atoms with Crippen LogP contribution in [0.25, 0.3) is 0 Å². The van der Waals surface area contributed by atoms with Crippen LogP contribution in [0.3, 0.4) is 0 Å². The van der Waals surface area contributed by atoms with E-state index in [0.717, 1.165) is 6.42 Å². The normalized spacial score (nSPS) is 18.7. The van der Waals surface area contributed by atoms with Gasteiger partial charge in [-0.05, 0) is 25.0 Å². The molecule has 18 heavy (non-hydrogen) atoms. The van der Waals surface area contributed by atoms with Gasteiger partial charge >= 0.3 is 5.97 Å². The first-order chi connectivity index (χ1) is 8.68. The number of hydrogen-bond donors (Lipinski definition) is 1. The number of carbonyl (C=O) groups excluding carboxylic acids is 1. The van der Waals surface area contributed by atoms with Crippen molar-refractivity contribution in [3.8, 4) is 5.75 Å². The van der Waals surface area contributed by atoms with Crippen LogP contribution >= 0.6 is 0 Å². The van der Waals surface area contributed by atoms with Crippen molar-refractivity contribution in [2.24, 2.45) is 0 Å². The third kappa shape index (κ3) is 2.80. The molecule has 1 aliphatic rings. The van der Waals surface area contributed by atoms with Crippen LogP contribution in [-0.2, 0) is 9.59 Å². The Bertz CT molecular complexity index is 432. The lowest BCUT2D eigenvalue weighted by Gasteiger charge is -2.21. The topological polar surface area (TPSA) is 66.8 Å². The predicted octanol–water partition coefficient (Wildman–Crippen LogP) is 1.14. The molecule has 0 bridgehead atoms. The van der Waals surface area contributed by atoms with Gasteiger partial charge in [0, 0.05) is 6.54 Å². The molecule has 0 aliphatic carbocycles. The molecule has 1 N–H and O–H groups in total. The average molecular weight is 249 g/mol. The molecule has 1 saturated heterocycles. The second-order valence-electron chi connectivity index (χ2n) is 4.19. The molecule has 0 saturated carbocycles. The van der Waals surface area contributed by atoms with Gasteiger partial charge in [-0.15, -0.1) is 0 Å². The molecule has 0 spiro atoms. The molecule has 1 fully saturated rings. The molecule has 1 aromatic rings. The van der Waals surface area contributed by atoms with E-state index in [1.54, 1.807) is 12.1 Å². The van der Waals surface area contributed by atoms with Crippen LogP contribution in [0.2, 0.25) is 0 Å². The van der Waals surface area contributed by atoms with E-state index in [2.05, 4.69) is 0 Å². The largest absolute Gasteiger partial charge is 0.484 e. The zero-order chi connectivity index (χ0) is 13.0. The third-order valence-electron chi connectivity index (χ3n) is 2.96. The Kier molecular flexibility index (Phi) is 3.82. The van der Waals surface area contributed by atoms with Crippen LogP contribution in [0.5, 0.6) is 5.75 Å². The summed E-state index contributed by atoms with van der Waals surface area (Å²) in [6, 6.07) is 8.30. The van der Waals surface area contributed by atoms with Crippen molar-refractivity contribution in [2.75, 3.05) is 13.2 Å². The maximum Gasteiger partial charge on any atom is 0.326 e. The Balaban J connectivity index is 1.90. The third-order valence-corrected chi connectivity index (χ3v) is 2.96. The summed E-state index contributed by atoms with van der Waals surface area (Å²) in [4.78, 5) is 24.2. The number of nitrogens with zero attached hydrogens (tertiary/aromatic N) is 1. The summed E-state index contributed by atoms with van der Waals surface area (Å²) in [6.07, 6.45) is 1.25. The first kappa shape index (κ1) is 12.4. The molecule has 1 aliphatic heterocycles. The van der Waals surface area contributed by atoms with Gasteiger partial charge in [-0.3, -0.25) is 4.79 Å². The second kappa shape index (κ2) is 5.53. The minimum Gasteiger partial charge on any atom is -0.484 e. The predicted molar refractivity (Wildman–Crippen MR) is 64.3 cm³/mol. The number of carboxylic acid groups (broad SMARTS) is 1. The van der Waals surface area contributed by atoms with E-state index in [1.165, 1.54) is 4.90 Å². The van der Waals surface area contributed by atoms with Gasteiger partial charge in [-0.2, -0.15) is 0 Å². The number of benzene rings is 1. The van der Waals surface area contributed by atoms with E-state index in [0.29, 0.717) is 18.7 Å². The highest BCUT2D eigenvalue weighted by molar-refractivity contribution is 5.85. The van der Waals surface area contributed by atoms with Crippen LogP contribution in [-0.4, -0.2) is 41.1 Å². The van der Waals surface area contributed by atoms with Crippen molar-refractivity contribution in [1.29, 1.82) is 0 Å². The van der Waals surface area contributed by atoms with E-state index < -0.39 is 12.0 Å². The lowest BCUT2D eigenvalue weighted by molar-refractivity contribution is -0.148. The Hall–Kier alpha value is -2.04. The van der Waals surface area contributed by atoms with Crippen LogP contribution < -0.4 is 4.74 Å². The molecule has 1 amide bonds. The van der Waals surface area contributed by atoms with Crippen molar-refractivity contribution in [2.45, 2.75) is 18.9 Å². The molecule has 1 heterocycles. The Morgan fingerprint density at radius 3 is 2.72 bits per heavy atom. The number of hydrogen-bond acceptors (Lipinski definition) is 3. The number of ether oxygens (including phenoxy) is 1. The van der Waals surface area contributed by atoms with Crippen molar-refractivity contribution >= 4 is 11.9 Å². The minimum absolute atomic E-state index is 0.117. The minimum atomic E-state index is -0.944. The van der Waals surface area contributed by atoms with Gasteiger partial charge in [0.2, 0.25) is 0 Å². The molecule has 1 aromatic carbocycles. The monoisotopic (exact) mass is 249 g/mol. The van der Waals surface area contributed by atoms with Gasteiger partial charge < -0.3 is 14.7 Å². The Morgan fingerprint density at radius 2 is 2.06 bits per heavy atom. The van der Waals surface area contributed by atoms with Crippen molar-refractivity contribution in [3.05, 3.63) is 30.3 Å². The summed E-state index contributed by atoms with van der Waals surface area (Å²) in [5.41, 5.74) is 0. The van der Waals surface area contributed by atoms with E-state index >= 15 is 0 Å². The average Bonchev–Trinajstić information content (AvgIpc) is 2.86. The van der Waals surface area contributed by atoms with E-state index in [4.69, 9.17) is 9.84 Å². The summed E-state index contributed by atoms with van der Waals surface area (Å²) in [5.74, 6) is -0.610. The van der Waals surface area contributed by atoms with Gasteiger partial charge in [-0.25, -0.2) is 4.79 Å². The van der Waals surface area contributed by atoms with Crippen LogP contribution in [0.4, 0.5) is 0 Å². The lowest BCUT2D eigenvalue weighted by Crippen LogP contribution is -2.42. The molecule has 0 unspecified atom stereocenters. The van der Waals surface area contributed by atoms with Crippen molar-refractivity contribution in [3.63, 3.8) is 0 Å². The highest BCUT2D eigenvalue weighted by Crippen LogP contribution is 2.18. The molecular formula is C13H15NO4. The summed E-state index contributed by atoms with van der Waals surface area (Å²) in [5, 5.41) is 8.98. The van der Waals surface area contributed by atoms with E-state index in [-0.39, 0.29) is 12.5 Å². The van der Waals surface area contributed by atoms with Gasteiger partial charge in [0.1, 0.15) is 11.8 Å². The summed E-state index contributed by atoms with van der Waals surface area (Å²) in [6.45, 7) is 0.377. The molecule has 2 rings (SSSR count). The number of aliphatic carboxylic acids is 1. The van der Waals surface area contributed by atoms with Crippen LogP contribution in [0.1, 0.15) is 12.8 Å². The Morgan fingerprint density at radius 1 is 1.33 bits per heavy atom. The number of rotatable bonds is 4. The van der Waals surface area contributed by atoms with Gasteiger partial charge in [0.25, 0.3) is 5.91 Å². The SMILES string of the molecule is O=C(O)[C@H]1CCCN1C(=O)COc1ccccc1. The molecule has 96 valence electrons. The van der Waals surface area contributed by atoms with Crippen LogP contribution in [0, 0.1) is 0 Å². The lowest BCUT2D eigenvalue weighted by atomic mass is 10.2. The quantitative estimate of drug-likeness (QED) is 0.869. The van der Waals surface area contributed by atoms with E-state index in [9.17, 15) is 9.59 Å². The van der Waals surface area contributed by atoms with Crippen molar-refractivity contribution < 1.29 is 19.4 Å². The van der Waals surface area contributed by atoms with Gasteiger partial charge in [0.05, 0.1) is 0 Å². The number of carboxylic acids is 1. The van der Waals surface area contributed by atoms with Crippen molar-refractivity contribution in [1.82, 2.24) is 4.90 Å². The maximum absolute atomic E-state index is 11.9. The molecule has 5 nitrogen and oxygen atoms in total. The zero-order valence-electron chi connectivity index (χ0n) is 9.91. The van der Waals surface area contributed by atoms with E-state index in [1.807, 2.05) is 18.2 Å². The maximum atomic E-state index is 11.9.